The molecule has 2 aliphatic carbocycles. The van der Waals surface area contributed by atoms with Crippen LogP contribution in [0.3, 0.4) is 0 Å². The van der Waals surface area contributed by atoms with Gasteiger partial charge in [0.2, 0.25) is 5.91 Å². The number of hydrogen-bond acceptors (Lipinski definition) is 4. The fraction of sp³-hybridized carbons (Fsp3) is 0.682. The lowest BCUT2D eigenvalue weighted by Gasteiger charge is -2.36. The van der Waals surface area contributed by atoms with Crippen molar-refractivity contribution in [2.45, 2.75) is 56.3 Å². The molecular weight excluding hydrogens is 376 g/mol. The fourth-order valence-electron chi connectivity index (χ4n) is 5.57. The zero-order chi connectivity index (χ0) is 20.1. The van der Waals surface area contributed by atoms with Gasteiger partial charge in [0.25, 0.3) is 0 Å². The molecule has 5 rings (SSSR count). The van der Waals surface area contributed by atoms with Gasteiger partial charge in [-0.15, -0.1) is 0 Å². The van der Waals surface area contributed by atoms with Gasteiger partial charge in [-0.25, -0.2) is 8.78 Å². The molecule has 2 aliphatic heterocycles. The van der Waals surface area contributed by atoms with Gasteiger partial charge in [0.05, 0.1) is 6.61 Å². The Hall–Kier alpha value is -1.57. The van der Waals surface area contributed by atoms with Gasteiger partial charge in [-0.1, -0.05) is 0 Å². The van der Waals surface area contributed by atoms with Crippen LogP contribution in [0.25, 0.3) is 0 Å². The predicted molar refractivity (Wildman–Crippen MR) is 104 cm³/mol. The molecule has 0 aromatic heterocycles. The predicted octanol–water partition coefficient (Wildman–Crippen LogP) is 2.36. The molecule has 4 fully saturated rings. The van der Waals surface area contributed by atoms with E-state index >= 15 is 0 Å². The number of rotatable bonds is 4. The van der Waals surface area contributed by atoms with Crippen LogP contribution in [0.5, 0.6) is 0 Å². The van der Waals surface area contributed by atoms with E-state index < -0.39 is 17.7 Å². The number of fused-ring (bicyclic) bond motifs is 1. The standard InChI is InChI=1S/C22H29F2N3O2/c23-15-3-4-19(24)18(7-15)21-20(25)8-17(11-29-21)26-16-5-13-9-27(10-14(13)6-16)22(28)12-1-2-12/h3-4,7,12-14,16-17,20-21,26H,1-2,5-6,8-11,25H2. The lowest BCUT2D eigenvalue weighted by molar-refractivity contribution is -0.131. The number of halogens is 2. The number of nitrogens with two attached hydrogens (primary N) is 1. The second-order valence-corrected chi connectivity index (χ2v) is 9.39. The van der Waals surface area contributed by atoms with Gasteiger partial charge in [-0.3, -0.25) is 4.79 Å². The number of nitrogens with one attached hydrogen (secondary N) is 1. The van der Waals surface area contributed by atoms with E-state index in [0.29, 0.717) is 42.7 Å². The maximum Gasteiger partial charge on any atom is 0.225 e. The van der Waals surface area contributed by atoms with Crippen molar-refractivity contribution in [1.29, 1.82) is 0 Å². The molecule has 1 aromatic carbocycles. The maximum atomic E-state index is 14.1. The van der Waals surface area contributed by atoms with Gasteiger partial charge >= 0.3 is 0 Å². The van der Waals surface area contributed by atoms with E-state index in [1.54, 1.807) is 0 Å². The Bertz CT molecular complexity index is 773. The van der Waals surface area contributed by atoms with Gasteiger partial charge in [-0.05, 0) is 62.1 Å². The highest BCUT2D eigenvalue weighted by molar-refractivity contribution is 5.81. The average Bonchev–Trinajstić information content (AvgIpc) is 3.36. The molecule has 5 unspecified atom stereocenters. The zero-order valence-electron chi connectivity index (χ0n) is 16.5. The van der Waals surface area contributed by atoms with Gasteiger partial charge in [0.15, 0.2) is 0 Å². The summed E-state index contributed by atoms with van der Waals surface area (Å²) in [5, 5.41) is 3.68. The first-order chi connectivity index (χ1) is 14.0. The Morgan fingerprint density at radius 3 is 2.48 bits per heavy atom. The van der Waals surface area contributed by atoms with Crippen molar-refractivity contribution in [3.05, 3.63) is 35.4 Å². The second-order valence-electron chi connectivity index (χ2n) is 9.39. The topological polar surface area (TPSA) is 67.6 Å². The summed E-state index contributed by atoms with van der Waals surface area (Å²) in [4.78, 5) is 14.4. The van der Waals surface area contributed by atoms with Crippen molar-refractivity contribution in [3.63, 3.8) is 0 Å². The summed E-state index contributed by atoms with van der Waals surface area (Å²) in [6.45, 7) is 2.24. The molecule has 29 heavy (non-hydrogen) atoms. The first-order valence-corrected chi connectivity index (χ1v) is 10.8. The Morgan fingerprint density at radius 1 is 1.10 bits per heavy atom. The Balaban J connectivity index is 1.13. The van der Waals surface area contributed by atoms with Crippen molar-refractivity contribution >= 4 is 5.91 Å². The van der Waals surface area contributed by atoms with E-state index in [2.05, 4.69) is 10.2 Å². The van der Waals surface area contributed by atoms with E-state index in [4.69, 9.17) is 10.5 Å². The molecule has 5 atom stereocenters. The maximum absolute atomic E-state index is 14.1. The molecule has 2 saturated carbocycles. The summed E-state index contributed by atoms with van der Waals surface area (Å²) in [7, 11) is 0. The molecule has 0 radical (unpaired) electrons. The van der Waals surface area contributed by atoms with E-state index in [0.717, 1.165) is 50.9 Å². The van der Waals surface area contributed by atoms with Crippen molar-refractivity contribution < 1.29 is 18.3 Å². The molecule has 0 spiro atoms. The largest absolute Gasteiger partial charge is 0.370 e. The average molecular weight is 405 g/mol. The first kappa shape index (κ1) is 19.4. The van der Waals surface area contributed by atoms with Crippen LogP contribution in [0.4, 0.5) is 8.78 Å². The van der Waals surface area contributed by atoms with E-state index in [1.807, 2.05) is 0 Å². The number of amides is 1. The highest BCUT2D eigenvalue weighted by Crippen LogP contribution is 2.41. The van der Waals surface area contributed by atoms with E-state index in [9.17, 15) is 13.6 Å². The summed E-state index contributed by atoms with van der Waals surface area (Å²) in [5.41, 5.74) is 6.47. The lowest BCUT2D eigenvalue weighted by Crippen LogP contribution is -2.50. The van der Waals surface area contributed by atoms with Crippen molar-refractivity contribution in [2.75, 3.05) is 19.7 Å². The number of hydrogen-bond donors (Lipinski definition) is 2. The smallest absolute Gasteiger partial charge is 0.225 e. The number of benzene rings is 1. The van der Waals surface area contributed by atoms with Crippen molar-refractivity contribution in [1.82, 2.24) is 10.2 Å². The molecule has 158 valence electrons. The van der Waals surface area contributed by atoms with Crippen LogP contribution in [0.1, 0.15) is 43.8 Å². The molecule has 2 saturated heterocycles. The highest BCUT2D eigenvalue weighted by atomic mass is 19.1. The molecule has 4 aliphatic rings. The molecule has 7 heteroatoms. The third-order valence-corrected chi connectivity index (χ3v) is 7.15. The lowest BCUT2D eigenvalue weighted by atomic mass is 9.93. The summed E-state index contributed by atoms with van der Waals surface area (Å²) in [6, 6.07) is 3.55. The summed E-state index contributed by atoms with van der Waals surface area (Å²) in [6.07, 6.45) is 4.33. The van der Waals surface area contributed by atoms with Crippen molar-refractivity contribution in [2.24, 2.45) is 23.5 Å². The summed E-state index contributed by atoms with van der Waals surface area (Å²) >= 11 is 0. The Morgan fingerprint density at radius 2 is 1.83 bits per heavy atom. The van der Waals surface area contributed by atoms with Gasteiger partial charge in [-0.2, -0.15) is 0 Å². The number of likely N-dealkylation sites (tertiary alicyclic amines) is 1. The number of nitrogens with zero attached hydrogens (tertiary/aromatic N) is 1. The first-order valence-electron chi connectivity index (χ1n) is 10.8. The van der Waals surface area contributed by atoms with Gasteiger partial charge in [0, 0.05) is 42.7 Å². The minimum Gasteiger partial charge on any atom is -0.370 e. The highest BCUT2D eigenvalue weighted by Gasteiger charge is 2.45. The molecule has 2 heterocycles. The van der Waals surface area contributed by atoms with Crippen LogP contribution in [-0.2, 0) is 9.53 Å². The zero-order valence-corrected chi connectivity index (χ0v) is 16.5. The third-order valence-electron chi connectivity index (χ3n) is 7.15. The minimum atomic E-state index is -0.617. The molecule has 5 nitrogen and oxygen atoms in total. The quantitative estimate of drug-likeness (QED) is 0.807. The number of carbonyl (C=O) groups excluding carboxylic acids is 1. The SMILES string of the molecule is NC1CC(NC2CC3CN(C(=O)C4CC4)CC3C2)COC1c1cc(F)ccc1F. The van der Waals surface area contributed by atoms with Crippen LogP contribution < -0.4 is 11.1 Å². The van der Waals surface area contributed by atoms with Crippen LogP contribution in [0.15, 0.2) is 18.2 Å². The van der Waals surface area contributed by atoms with Gasteiger partial charge < -0.3 is 20.7 Å². The normalized spacial score (nSPS) is 37.0. The molecule has 1 aromatic rings. The fourth-order valence-corrected chi connectivity index (χ4v) is 5.57. The Labute approximate surface area is 170 Å². The number of ether oxygens (including phenoxy) is 1. The van der Waals surface area contributed by atoms with Crippen LogP contribution in [0, 0.1) is 29.4 Å². The number of carbonyl (C=O) groups is 1. The molecule has 3 N–H and O–H groups in total. The summed E-state index contributed by atoms with van der Waals surface area (Å²) in [5.74, 6) is 0.882. The molecule has 1 amide bonds. The van der Waals surface area contributed by atoms with Crippen LogP contribution >= 0.6 is 0 Å². The molecule has 0 bridgehead atoms. The van der Waals surface area contributed by atoms with Crippen molar-refractivity contribution in [3.8, 4) is 0 Å². The van der Waals surface area contributed by atoms with Crippen LogP contribution in [-0.4, -0.2) is 48.6 Å². The van der Waals surface area contributed by atoms with E-state index in [-0.39, 0.29) is 17.6 Å². The van der Waals surface area contributed by atoms with Gasteiger partial charge in [0.1, 0.15) is 17.7 Å². The second kappa shape index (κ2) is 7.60. The monoisotopic (exact) mass is 405 g/mol. The third kappa shape index (κ3) is 3.92. The Kier molecular flexibility index (Phi) is 5.08. The molecular formula is C22H29F2N3O2. The summed E-state index contributed by atoms with van der Waals surface area (Å²) < 4.78 is 33.5. The van der Waals surface area contributed by atoms with E-state index in [1.165, 1.54) is 6.07 Å². The van der Waals surface area contributed by atoms with Crippen LogP contribution in [0.2, 0.25) is 0 Å². The minimum absolute atomic E-state index is 0.117.